The molecule has 6 heteroatoms. The summed E-state index contributed by atoms with van der Waals surface area (Å²) >= 11 is 0. The van der Waals surface area contributed by atoms with Gasteiger partial charge in [0.15, 0.2) is 0 Å². The van der Waals surface area contributed by atoms with Crippen molar-refractivity contribution in [2.24, 2.45) is 0 Å². The Labute approximate surface area is 142 Å². The Hall–Kier alpha value is -2.37. The van der Waals surface area contributed by atoms with Gasteiger partial charge in [-0.3, -0.25) is 14.4 Å². The molecule has 1 aromatic carbocycles. The molecule has 1 aliphatic rings. The van der Waals surface area contributed by atoms with E-state index in [4.69, 9.17) is 0 Å². The highest BCUT2D eigenvalue weighted by atomic mass is 16.2. The number of carbonyl (C=O) groups is 3. The van der Waals surface area contributed by atoms with Crippen LogP contribution in [0.4, 0.5) is 5.69 Å². The highest BCUT2D eigenvalue weighted by molar-refractivity contribution is 6.00. The molecule has 0 aliphatic carbocycles. The third-order valence-corrected chi connectivity index (χ3v) is 3.93. The second kappa shape index (κ2) is 7.95. The lowest BCUT2D eigenvalue weighted by atomic mass is 10.1. The smallest absolute Gasteiger partial charge is 0.254 e. The topological polar surface area (TPSA) is 69.7 Å². The number of nitrogens with zero attached hydrogens (tertiary/aromatic N) is 2. The van der Waals surface area contributed by atoms with E-state index >= 15 is 0 Å². The fourth-order valence-electron chi connectivity index (χ4n) is 2.78. The predicted octanol–water partition coefficient (Wildman–Crippen LogP) is 1.80. The van der Waals surface area contributed by atoms with Crippen molar-refractivity contribution in [2.75, 3.05) is 24.5 Å². The van der Waals surface area contributed by atoms with Crippen molar-refractivity contribution in [1.82, 2.24) is 10.2 Å². The molecule has 2 rings (SSSR count). The van der Waals surface area contributed by atoms with Crippen molar-refractivity contribution in [3.05, 3.63) is 29.8 Å². The molecule has 0 spiro atoms. The molecule has 1 aromatic rings. The Bertz CT molecular complexity index is 628. The summed E-state index contributed by atoms with van der Waals surface area (Å²) in [6, 6.07) is 7.10. The molecule has 130 valence electrons. The summed E-state index contributed by atoms with van der Waals surface area (Å²) in [7, 11) is 0. The zero-order chi connectivity index (χ0) is 17.7. The van der Waals surface area contributed by atoms with Gasteiger partial charge in [0.05, 0.1) is 6.54 Å². The molecular formula is C18H25N3O3. The first kappa shape index (κ1) is 18.0. The van der Waals surface area contributed by atoms with Crippen LogP contribution in [0.3, 0.4) is 0 Å². The van der Waals surface area contributed by atoms with Crippen LogP contribution in [-0.2, 0) is 9.59 Å². The van der Waals surface area contributed by atoms with Gasteiger partial charge in [0.1, 0.15) is 0 Å². The van der Waals surface area contributed by atoms with Crippen molar-refractivity contribution in [2.45, 2.75) is 39.7 Å². The zero-order valence-corrected chi connectivity index (χ0v) is 14.5. The van der Waals surface area contributed by atoms with E-state index in [1.807, 2.05) is 26.8 Å². The number of likely N-dealkylation sites (N-methyl/N-ethyl adjacent to an activating group) is 1. The monoisotopic (exact) mass is 331 g/mol. The van der Waals surface area contributed by atoms with Crippen LogP contribution in [-0.4, -0.2) is 48.3 Å². The number of rotatable bonds is 6. The second-order valence-electron chi connectivity index (χ2n) is 6.24. The van der Waals surface area contributed by atoms with Crippen molar-refractivity contribution in [1.29, 1.82) is 0 Å². The molecule has 1 N–H and O–H groups in total. The molecule has 6 nitrogen and oxygen atoms in total. The third kappa shape index (κ3) is 4.34. The van der Waals surface area contributed by atoms with Crippen LogP contribution in [0.1, 0.15) is 44.0 Å². The molecule has 0 saturated carbocycles. The molecule has 0 unspecified atom stereocenters. The molecule has 0 aromatic heterocycles. The minimum Gasteiger partial charge on any atom is -0.352 e. The Kier molecular flexibility index (Phi) is 5.95. The summed E-state index contributed by atoms with van der Waals surface area (Å²) in [5.41, 5.74) is 1.23. The zero-order valence-electron chi connectivity index (χ0n) is 14.5. The van der Waals surface area contributed by atoms with Crippen molar-refractivity contribution < 1.29 is 14.4 Å². The number of amides is 3. The molecule has 0 atom stereocenters. The van der Waals surface area contributed by atoms with Crippen LogP contribution in [0.15, 0.2) is 24.3 Å². The lowest BCUT2D eigenvalue weighted by Crippen LogP contribution is -2.42. The molecular weight excluding hydrogens is 306 g/mol. The molecule has 1 aliphatic heterocycles. The first-order valence-electron chi connectivity index (χ1n) is 8.41. The summed E-state index contributed by atoms with van der Waals surface area (Å²) in [5, 5.41) is 2.79. The number of hydrogen-bond acceptors (Lipinski definition) is 3. The van der Waals surface area contributed by atoms with Gasteiger partial charge in [0, 0.05) is 36.8 Å². The average molecular weight is 331 g/mol. The fourth-order valence-corrected chi connectivity index (χ4v) is 2.78. The summed E-state index contributed by atoms with van der Waals surface area (Å²) in [6.45, 7) is 6.76. The predicted molar refractivity (Wildman–Crippen MR) is 92.9 cm³/mol. The normalized spacial score (nSPS) is 14.2. The van der Waals surface area contributed by atoms with Crippen LogP contribution >= 0.6 is 0 Å². The Morgan fingerprint density at radius 3 is 2.67 bits per heavy atom. The number of hydrogen-bond donors (Lipinski definition) is 1. The van der Waals surface area contributed by atoms with E-state index in [9.17, 15) is 14.4 Å². The molecule has 0 radical (unpaired) electrons. The van der Waals surface area contributed by atoms with Crippen molar-refractivity contribution >= 4 is 23.4 Å². The van der Waals surface area contributed by atoms with Gasteiger partial charge in [0.2, 0.25) is 11.8 Å². The van der Waals surface area contributed by atoms with Gasteiger partial charge in [-0.05, 0) is 45.4 Å². The van der Waals surface area contributed by atoms with E-state index in [2.05, 4.69) is 5.32 Å². The van der Waals surface area contributed by atoms with Gasteiger partial charge in [0.25, 0.3) is 5.91 Å². The number of carbonyl (C=O) groups excluding carboxylic acids is 3. The van der Waals surface area contributed by atoms with Crippen LogP contribution in [0.2, 0.25) is 0 Å². The van der Waals surface area contributed by atoms with Crippen LogP contribution in [0, 0.1) is 0 Å². The van der Waals surface area contributed by atoms with Crippen molar-refractivity contribution in [3.63, 3.8) is 0 Å². The Morgan fingerprint density at radius 2 is 2.08 bits per heavy atom. The molecule has 1 heterocycles. The van der Waals surface area contributed by atoms with Crippen LogP contribution in [0.5, 0.6) is 0 Å². The average Bonchev–Trinajstić information content (AvgIpc) is 2.97. The van der Waals surface area contributed by atoms with Gasteiger partial charge in [-0.25, -0.2) is 0 Å². The third-order valence-electron chi connectivity index (χ3n) is 3.93. The molecule has 3 amide bonds. The molecule has 1 fully saturated rings. The fraction of sp³-hybridized carbons (Fsp3) is 0.500. The van der Waals surface area contributed by atoms with E-state index in [0.717, 1.165) is 12.1 Å². The first-order valence-corrected chi connectivity index (χ1v) is 8.41. The highest BCUT2D eigenvalue weighted by Gasteiger charge is 2.23. The number of benzene rings is 1. The van der Waals surface area contributed by atoms with E-state index in [1.54, 1.807) is 23.1 Å². The quantitative estimate of drug-likeness (QED) is 0.864. The summed E-state index contributed by atoms with van der Waals surface area (Å²) in [6.07, 6.45) is 1.39. The lowest BCUT2D eigenvalue weighted by Gasteiger charge is -2.22. The number of anilines is 1. The molecule has 24 heavy (non-hydrogen) atoms. The van der Waals surface area contributed by atoms with Gasteiger partial charge in [-0.15, -0.1) is 0 Å². The van der Waals surface area contributed by atoms with Gasteiger partial charge in [-0.2, -0.15) is 0 Å². The highest BCUT2D eigenvalue weighted by Crippen LogP contribution is 2.22. The SMILES string of the molecule is CCN(CC(=O)NC(C)C)C(=O)c1cccc(N2CCCC2=O)c1. The lowest BCUT2D eigenvalue weighted by molar-refractivity contribution is -0.122. The Morgan fingerprint density at radius 1 is 1.33 bits per heavy atom. The summed E-state index contributed by atoms with van der Waals surface area (Å²) in [4.78, 5) is 39.7. The molecule has 1 saturated heterocycles. The first-order chi connectivity index (χ1) is 11.4. The second-order valence-corrected chi connectivity index (χ2v) is 6.24. The largest absolute Gasteiger partial charge is 0.352 e. The van der Waals surface area contributed by atoms with E-state index in [1.165, 1.54) is 4.90 Å². The molecule has 0 bridgehead atoms. The summed E-state index contributed by atoms with van der Waals surface area (Å²) in [5.74, 6) is -0.292. The van der Waals surface area contributed by atoms with Gasteiger partial charge < -0.3 is 15.1 Å². The number of nitrogens with one attached hydrogen (secondary N) is 1. The van der Waals surface area contributed by atoms with E-state index in [0.29, 0.717) is 25.1 Å². The van der Waals surface area contributed by atoms with Crippen molar-refractivity contribution in [3.8, 4) is 0 Å². The maximum Gasteiger partial charge on any atom is 0.254 e. The minimum absolute atomic E-state index is 0.0282. The van der Waals surface area contributed by atoms with E-state index < -0.39 is 0 Å². The minimum atomic E-state index is -0.204. The van der Waals surface area contributed by atoms with Gasteiger partial charge in [-0.1, -0.05) is 6.07 Å². The van der Waals surface area contributed by atoms with Crippen LogP contribution in [0.25, 0.3) is 0 Å². The standard InChI is InChI=1S/C18H25N3O3/c1-4-20(12-16(22)19-13(2)3)18(24)14-7-5-8-15(11-14)21-10-6-9-17(21)23/h5,7-8,11,13H,4,6,9-10,12H2,1-3H3,(H,19,22). The van der Waals surface area contributed by atoms with E-state index in [-0.39, 0.29) is 30.3 Å². The van der Waals surface area contributed by atoms with Gasteiger partial charge >= 0.3 is 0 Å². The summed E-state index contributed by atoms with van der Waals surface area (Å²) < 4.78 is 0. The maximum atomic E-state index is 12.7. The maximum absolute atomic E-state index is 12.7. The Balaban J connectivity index is 2.12. The van der Waals surface area contributed by atoms with Crippen LogP contribution < -0.4 is 10.2 Å².